The summed E-state index contributed by atoms with van der Waals surface area (Å²) in [5, 5.41) is 7.29. The summed E-state index contributed by atoms with van der Waals surface area (Å²) in [6, 6.07) is 1.91. The van der Waals surface area contributed by atoms with E-state index in [1.165, 1.54) is 11.3 Å². The van der Waals surface area contributed by atoms with Gasteiger partial charge in [0.15, 0.2) is 0 Å². The van der Waals surface area contributed by atoms with E-state index in [0.717, 1.165) is 10.7 Å². The van der Waals surface area contributed by atoms with Crippen LogP contribution in [0.25, 0.3) is 10.7 Å². The maximum atomic E-state index is 5.70. The Morgan fingerprint density at radius 1 is 1.58 bits per heavy atom. The van der Waals surface area contributed by atoms with Crippen molar-refractivity contribution in [2.45, 2.75) is 0 Å². The minimum Gasteiger partial charge on any atom is -0.266 e. The van der Waals surface area contributed by atoms with Crippen molar-refractivity contribution in [3.8, 4) is 10.7 Å². The van der Waals surface area contributed by atoms with E-state index >= 15 is 0 Å². The van der Waals surface area contributed by atoms with Crippen molar-refractivity contribution >= 4 is 22.9 Å². The Morgan fingerprint density at radius 3 is 2.92 bits per heavy atom. The van der Waals surface area contributed by atoms with Crippen LogP contribution >= 0.6 is 22.9 Å². The molecule has 5 heteroatoms. The first-order valence-electron chi connectivity index (χ1n) is 3.37. The predicted octanol–water partition coefficient (Wildman–Crippen LogP) is 2.20. The highest BCUT2D eigenvalue weighted by molar-refractivity contribution is 7.13. The van der Waals surface area contributed by atoms with Crippen LogP contribution in [0, 0.1) is 0 Å². The van der Waals surface area contributed by atoms with E-state index < -0.39 is 0 Å². The first-order valence-corrected chi connectivity index (χ1v) is 4.62. The van der Waals surface area contributed by atoms with E-state index in [1.54, 1.807) is 10.9 Å². The summed E-state index contributed by atoms with van der Waals surface area (Å²) in [7, 11) is 1.88. The van der Waals surface area contributed by atoms with Crippen molar-refractivity contribution in [1.82, 2.24) is 14.8 Å². The molecule has 0 unspecified atom stereocenters. The molecule has 0 atom stereocenters. The molecule has 0 bridgehead atoms. The molecule has 0 spiro atoms. The number of nitrogens with zero attached hydrogens (tertiary/aromatic N) is 3. The third-order valence-corrected chi connectivity index (χ3v) is 2.70. The van der Waals surface area contributed by atoms with E-state index in [0.29, 0.717) is 5.15 Å². The zero-order valence-corrected chi connectivity index (χ0v) is 7.93. The summed E-state index contributed by atoms with van der Waals surface area (Å²) >= 11 is 7.22. The van der Waals surface area contributed by atoms with Gasteiger partial charge in [-0.1, -0.05) is 11.6 Å². The van der Waals surface area contributed by atoms with Gasteiger partial charge in [0.2, 0.25) is 0 Å². The molecule has 0 saturated carbocycles. The van der Waals surface area contributed by atoms with Gasteiger partial charge >= 0.3 is 0 Å². The summed E-state index contributed by atoms with van der Waals surface area (Å²) in [5.41, 5.74) is 0.993. The second-order valence-electron chi connectivity index (χ2n) is 2.32. The molecule has 2 heterocycles. The van der Waals surface area contributed by atoms with E-state index in [9.17, 15) is 0 Å². The lowest BCUT2D eigenvalue weighted by Gasteiger charge is -1.94. The molecule has 62 valence electrons. The van der Waals surface area contributed by atoms with Crippen molar-refractivity contribution in [3.63, 3.8) is 0 Å². The summed E-state index contributed by atoms with van der Waals surface area (Å²) in [5.74, 6) is 0. The van der Waals surface area contributed by atoms with Crippen LogP contribution in [0.5, 0.6) is 0 Å². The normalized spacial score (nSPS) is 10.5. The summed E-state index contributed by atoms with van der Waals surface area (Å²) < 4.78 is 1.77. The van der Waals surface area contributed by atoms with Gasteiger partial charge in [0.05, 0.1) is 5.69 Å². The van der Waals surface area contributed by atoms with E-state index in [4.69, 9.17) is 11.6 Å². The van der Waals surface area contributed by atoms with Crippen molar-refractivity contribution in [3.05, 3.63) is 22.8 Å². The van der Waals surface area contributed by atoms with Gasteiger partial charge in [-0.2, -0.15) is 5.10 Å². The fourth-order valence-electron chi connectivity index (χ4n) is 0.956. The van der Waals surface area contributed by atoms with Gasteiger partial charge in [0.25, 0.3) is 0 Å². The van der Waals surface area contributed by atoms with Crippen LogP contribution in [0.3, 0.4) is 0 Å². The molecule has 0 N–H and O–H groups in total. The number of rotatable bonds is 1. The Balaban J connectivity index is 2.50. The quantitative estimate of drug-likeness (QED) is 0.705. The molecule has 0 radical (unpaired) electrons. The number of hydrogen-bond acceptors (Lipinski definition) is 3. The van der Waals surface area contributed by atoms with Gasteiger partial charge in [0.1, 0.15) is 10.2 Å². The first-order chi connectivity index (χ1) is 5.77. The molecular formula is C7H6ClN3S. The molecule has 2 aromatic rings. The molecule has 2 aromatic heterocycles. The van der Waals surface area contributed by atoms with Gasteiger partial charge in [0, 0.05) is 18.6 Å². The van der Waals surface area contributed by atoms with Gasteiger partial charge < -0.3 is 0 Å². The van der Waals surface area contributed by atoms with Crippen LogP contribution in [0.1, 0.15) is 0 Å². The molecular weight excluding hydrogens is 194 g/mol. The lowest BCUT2D eigenvalue weighted by Crippen LogP contribution is -1.92. The lowest BCUT2D eigenvalue weighted by atomic mass is 10.4. The lowest BCUT2D eigenvalue weighted by molar-refractivity contribution is 0.775. The van der Waals surface area contributed by atoms with E-state index in [1.807, 2.05) is 18.5 Å². The fourth-order valence-corrected chi connectivity index (χ4v) is 1.96. The molecule has 0 fully saturated rings. The van der Waals surface area contributed by atoms with Crippen LogP contribution in [0.4, 0.5) is 0 Å². The van der Waals surface area contributed by atoms with Crippen LogP contribution in [-0.4, -0.2) is 14.8 Å². The molecule has 0 aliphatic heterocycles. The van der Waals surface area contributed by atoms with Crippen molar-refractivity contribution < 1.29 is 0 Å². The second kappa shape index (κ2) is 2.88. The highest BCUT2D eigenvalue weighted by atomic mass is 35.5. The maximum absolute atomic E-state index is 5.70. The Morgan fingerprint density at radius 2 is 2.42 bits per heavy atom. The van der Waals surface area contributed by atoms with Crippen molar-refractivity contribution in [1.29, 1.82) is 0 Å². The van der Waals surface area contributed by atoms with Gasteiger partial charge in [-0.3, -0.25) is 4.68 Å². The zero-order valence-electron chi connectivity index (χ0n) is 6.36. The molecule has 3 nitrogen and oxygen atoms in total. The topological polar surface area (TPSA) is 30.7 Å². The van der Waals surface area contributed by atoms with E-state index in [-0.39, 0.29) is 0 Å². The third kappa shape index (κ3) is 1.23. The Kier molecular flexibility index (Phi) is 1.86. The Labute approximate surface area is 78.6 Å². The van der Waals surface area contributed by atoms with Gasteiger partial charge in [-0.15, -0.1) is 11.3 Å². The SMILES string of the molecule is Cn1nccc1-c1nc(Cl)cs1. The molecule has 0 aliphatic carbocycles. The summed E-state index contributed by atoms with van der Waals surface area (Å²) in [4.78, 5) is 4.14. The molecule has 0 saturated heterocycles. The van der Waals surface area contributed by atoms with Crippen LogP contribution in [-0.2, 0) is 7.05 Å². The molecule has 2 rings (SSSR count). The van der Waals surface area contributed by atoms with Crippen LogP contribution < -0.4 is 0 Å². The van der Waals surface area contributed by atoms with Gasteiger partial charge in [-0.05, 0) is 6.07 Å². The van der Waals surface area contributed by atoms with Crippen molar-refractivity contribution in [2.24, 2.45) is 7.05 Å². The average molecular weight is 200 g/mol. The summed E-state index contributed by atoms with van der Waals surface area (Å²) in [6.07, 6.45) is 1.74. The third-order valence-electron chi connectivity index (χ3n) is 1.52. The highest BCUT2D eigenvalue weighted by Crippen LogP contribution is 2.24. The number of aromatic nitrogens is 3. The monoisotopic (exact) mass is 199 g/mol. The molecule has 12 heavy (non-hydrogen) atoms. The molecule has 0 aliphatic rings. The zero-order chi connectivity index (χ0) is 8.55. The molecule has 0 aromatic carbocycles. The number of hydrogen-bond donors (Lipinski definition) is 0. The predicted molar refractivity (Wildman–Crippen MR) is 49.3 cm³/mol. The maximum Gasteiger partial charge on any atom is 0.143 e. The van der Waals surface area contributed by atoms with Gasteiger partial charge in [-0.25, -0.2) is 4.98 Å². The Hall–Kier alpha value is -0.870. The van der Waals surface area contributed by atoms with Crippen LogP contribution in [0.15, 0.2) is 17.6 Å². The number of aryl methyl sites for hydroxylation is 1. The fraction of sp³-hybridized carbons (Fsp3) is 0.143. The molecule has 0 amide bonds. The standard InChI is InChI=1S/C7H6ClN3S/c1-11-5(2-3-9-11)7-10-6(8)4-12-7/h2-4H,1H3. The second-order valence-corrected chi connectivity index (χ2v) is 3.56. The van der Waals surface area contributed by atoms with E-state index in [2.05, 4.69) is 10.1 Å². The first kappa shape index (κ1) is 7.76. The minimum atomic E-state index is 0.538. The smallest absolute Gasteiger partial charge is 0.143 e. The Bertz CT molecular complexity index is 393. The number of halogens is 1. The number of thiazole rings is 1. The van der Waals surface area contributed by atoms with Crippen LogP contribution in [0.2, 0.25) is 5.15 Å². The largest absolute Gasteiger partial charge is 0.266 e. The van der Waals surface area contributed by atoms with Crippen molar-refractivity contribution in [2.75, 3.05) is 0 Å². The average Bonchev–Trinajstić information content (AvgIpc) is 2.58. The summed E-state index contributed by atoms with van der Waals surface area (Å²) in [6.45, 7) is 0. The minimum absolute atomic E-state index is 0.538. The highest BCUT2D eigenvalue weighted by Gasteiger charge is 2.05.